The molecule has 0 aliphatic heterocycles. The number of hydrogen-bond acceptors (Lipinski definition) is 4. The van der Waals surface area contributed by atoms with Crippen molar-refractivity contribution in [2.75, 3.05) is 0 Å². The number of rotatable bonds is 6. The van der Waals surface area contributed by atoms with E-state index in [0.29, 0.717) is 22.5 Å². The molecule has 6 aromatic rings. The van der Waals surface area contributed by atoms with Crippen molar-refractivity contribution < 1.29 is 46.8 Å². The second kappa shape index (κ2) is 11.8. The van der Waals surface area contributed by atoms with Crippen LogP contribution in [-0.2, 0) is 38.2 Å². The molecule has 0 amide bonds. The summed E-state index contributed by atoms with van der Waals surface area (Å²) in [4.78, 5) is 9.52. The Kier molecular flexibility index (Phi) is 8.29. The number of benzene rings is 2. The molecule has 2 aromatic carbocycles. The number of hydrogen-bond donors (Lipinski definition) is 0. The fourth-order valence-electron chi connectivity index (χ4n) is 4.85. The van der Waals surface area contributed by atoms with Gasteiger partial charge in [0.25, 0.3) is 0 Å². The minimum Gasteiger partial charge on any atom is -0.343 e. The van der Waals surface area contributed by atoms with Crippen LogP contribution in [0.4, 0.5) is 26.3 Å². The molecule has 0 spiro atoms. The molecule has 13 heteroatoms. The van der Waals surface area contributed by atoms with E-state index in [-0.39, 0.29) is 32.1 Å². The van der Waals surface area contributed by atoms with Crippen LogP contribution in [-0.4, -0.2) is 29.5 Å². The molecule has 224 valence electrons. The molecule has 0 radical (unpaired) electrons. The number of halogens is 6. The second-order valence-electron chi connectivity index (χ2n) is 9.38. The summed E-state index contributed by atoms with van der Waals surface area (Å²) >= 11 is 0. The van der Waals surface area contributed by atoms with Gasteiger partial charge in [0.05, 0.1) is 23.0 Å². The summed E-state index contributed by atoms with van der Waals surface area (Å²) in [6.07, 6.45) is -4.40. The molecule has 4 aromatic heterocycles. The van der Waals surface area contributed by atoms with Gasteiger partial charge in [-0.3, -0.25) is 20.2 Å². The summed E-state index contributed by atoms with van der Waals surface area (Å²) in [5, 5.41) is 7.24. The average molecular weight is 695 g/mol. The molecule has 6 rings (SSSR count). The van der Waals surface area contributed by atoms with Crippen molar-refractivity contribution in [3.8, 4) is 11.6 Å². The molecule has 0 bridgehead atoms. The fraction of sp³-hybridized carbons (Fsp3) is 0.0968. The zero-order chi connectivity index (χ0) is 30.2. The molecule has 44 heavy (non-hydrogen) atoms. The molecular weight excluding hydrogens is 677 g/mol. The molecule has 6 nitrogen and oxygen atoms in total. The van der Waals surface area contributed by atoms with Crippen molar-refractivity contribution in [3.05, 3.63) is 155 Å². The second-order valence-corrected chi connectivity index (χ2v) is 9.38. The van der Waals surface area contributed by atoms with Gasteiger partial charge in [-0.15, -0.1) is 12.1 Å². The topological polar surface area (TPSA) is 61.4 Å². The Labute approximate surface area is 260 Å². The zero-order valence-corrected chi connectivity index (χ0v) is 23.7. The first-order valence-electron chi connectivity index (χ1n) is 12.7. The SMILES string of the molecule is FC(F)(F)c1c[c-]n(-c2cccc(C(c3ccccc3)(c3ccccc3)c3cccc(-n4[c-]cc(C(F)(F)F)n4)n3)n2)n1.[Pd+2]. The molecule has 0 atom stereocenters. The fourth-order valence-corrected chi connectivity index (χ4v) is 4.85. The number of aromatic nitrogens is 6. The van der Waals surface area contributed by atoms with Gasteiger partial charge < -0.3 is 9.36 Å². The van der Waals surface area contributed by atoms with E-state index in [0.717, 1.165) is 21.5 Å². The third kappa shape index (κ3) is 5.68. The minimum atomic E-state index is -4.67. The predicted octanol–water partition coefficient (Wildman–Crippen LogP) is 6.87. The molecule has 4 heterocycles. The first-order chi connectivity index (χ1) is 20.6. The van der Waals surface area contributed by atoms with Crippen LogP contribution in [0, 0.1) is 12.4 Å². The monoisotopic (exact) mass is 694 g/mol. The maximum absolute atomic E-state index is 13.3. The summed E-state index contributed by atoms with van der Waals surface area (Å²) in [5.74, 6) is 0.131. The van der Waals surface area contributed by atoms with Crippen LogP contribution in [0.1, 0.15) is 33.9 Å². The minimum absolute atomic E-state index is 0. The van der Waals surface area contributed by atoms with Crippen LogP contribution >= 0.6 is 0 Å². The zero-order valence-electron chi connectivity index (χ0n) is 22.2. The summed E-state index contributed by atoms with van der Waals surface area (Å²) in [5.41, 5.74) is -1.42. The molecule has 0 saturated carbocycles. The van der Waals surface area contributed by atoms with Crippen molar-refractivity contribution in [2.24, 2.45) is 0 Å². The smallest absolute Gasteiger partial charge is 0.343 e. The van der Waals surface area contributed by atoms with Crippen molar-refractivity contribution in [2.45, 2.75) is 17.8 Å². The van der Waals surface area contributed by atoms with E-state index in [1.54, 1.807) is 24.3 Å². The van der Waals surface area contributed by atoms with E-state index in [1.807, 2.05) is 60.7 Å². The van der Waals surface area contributed by atoms with Crippen LogP contribution < -0.4 is 0 Å². The van der Waals surface area contributed by atoms with Crippen molar-refractivity contribution >= 4 is 0 Å². The average Bonchev–Trinajstić information content (AvgIpc) is 3.71. The van der Waals surface area contributed by atoms with E-state index >= 15 is 0 Å². The molecule has 0 saturated heterocycles. The van der Waals surface area contributed by atoms with E-state index < -0.39 is 29.2 Å². The maximum Gasteiger partial charge on any atom is 2.00 e. The Hall–Kier alpha value is -4.60. The summed E-state index contributed by atoms with van der Waals surface area (Å²) < 4.78 is 81.6. The maximum atomic E-state index is 13.3. The normalized spacial score (nSPS) is 12.1. The summed E-state index contributed by atoms with van der Waals surface area (Å²) in [7, 11) is 0. The summed E-state index contributed by atoms with van der Waals surface area (Å²) in [6.45, 7) is 0. The first-order valence-corrected chi connectivity index (χ1v) is 12.7. The van der Waals surface area contributed by atoms with Gasteiger partial charge in [0.15, 0.2) is 0 Å². The molecule has 0 aliphatic rings. The standard InChI is InChI=1S/C31H18F6N6.Pd/c32-30(33,34)25-17-19-42(40-25)27-15-7-13-23(38-27)29(21-9-3-1-4-10-21,22-11-5-2-6-12-22)24-14-8-16-28(39-24)43-20-18-26(41-43)31(35,36)37;/h1-18H;/q-2;+2. The van der Waals surface area contributed by atoms with Crippen molar-refractivity contribution in [3.63, 3.8) is 0 Å². The molecule has 0 aliphatic carbocycles. The number of pyridine rings is 2. The number of nitrogens with zero attached hydrogens (tertiary/aromatic N) is 6. The van der Waals surface area contributed by atoms with E-state index in [1.165, 1.54) is 12.1 Å². The van der Waals surface area contributed by atoms with Gasteiger partial charge in [0.1, 0.15) is 5.41 Å². The Morgan fingerprint density at radius 3 is 1.20 bits per heavy atom. The molecule has 0 unspecified atom stereocenters. The van der Waals surface area contributed by atoms with Crippen LogP contribution in [0.2, 0.25) is 0 Å². The first kappa shape index (κ1) is 30.8. The predicted molar refractivity (Wildman–Crippen MR) is 142 cm³/mol. The largest absolute Gasteiger partial charge is 2.00 e. The van der Waals surface area contributed by atoms with Crippen LogP contribution in [0.15, 0.2) is 109 Å². The van der Waals surface area contributed by atoms with Crippen LogP contribution in [0.5, 0.6) is 0 Å². The van der Waals surface area contributed by atoms with Gasteiger partial charge in [-0.1, -0.05) is 97.3 Å². The molecule has 0 N–H and O–H groups in total. The Morgan fingerprint density at radius 1 is 0.477 bits per heavy atom. The van der Waals surface area contributed by atoms with Gasteiger partial charge in [-0.2, -0.15) is 26.3 Å². The van der Waals surface area contributed by atoms with Gasteiger partial charge in [-0.05, 0) is 23.3 Å². The van der Waals surface area contributed by atoms with E-state index in [4.69, 9.17) is 9.97 Å². The summed E-state index contributed by atoms with van der Waals surface area (Å²) in [6, 6.07) is 29.4. The van der Waals surface area contributed by atoms with E-state index in [2.05, 4.69) is 22.6 Å². The van der Waals surface area contributed by atoms with Crippen LogP contribution in [0.3, 0.4) is 0 Å². The Morgan fingerprint density at radius 2 is 0.864 bits per heavy atom. The van der Waals surface area contributed by atoms with Gasteiger partial charge in [0.2, 0.25) is 0 Å². The van der Waals surface area contributed by atoms with Gasteiger partial charge in [0, 0.05) is 11.4 Å². The number of alkyl halides is 6. The van der Waals surface area contributed by atoms with Crippen molar-refractivity contribution in [1.82, 2.24) is 29.5 Å². The Balaban J connectivity index is 0.00000384. The van der Waals surface area contributed by atoms with Gasteiger partial charge in [-0.25, -0.2) is 0 Å². The molecular formula is C31H18F6N6Pd. The van der Waals surface area contributed by atoms with Crippen LogP contribution in [0.25, 0.3) is 11.6 Å². The molecule has 0 fully saturated rings. The van der Waals surface area contributed by atoms with Gasteiger partial charge >= 0.3 is 32.8 Å². The van der Waals surface area contributed by atoms with E-state index in [9.17, 15) is 26.3 Å². The Bertz CT molecular complexity index is 1730. The third-order valence-corrected chi connectivity index (χ3v) is 6.73. The van der Waals surface area contributed by atoms with Crippen molar-refractivity contribution in [1.29, 1.82) is 0 Å². The quantitative estimate of drug-likeness (QED) is 0.109. The third-order valence-electron chi connectivity index (χ3n) is 6.73.